The number of carbonyl (C=O) groups is 3. The molecule has 0 unspecified atom stereocenters. The Morgan fingerprint density at radius 3 is 2.47 bits per heavy atom. The molecule has 2 heterocycles. The van der Waals surface area contributed by atoms with Crippen molar-refractivity contribution in [1.82, 2.24) is 4.98 Å². The molecule has 0 bridgehead atoms. The lowest BCUT2D eigenvalue weighted by Crippen LogP contribution is -2.49. The van der Waals surface area contributed by atoms with E-state index < -0.39 is 52.7 Å². The molecule has 1 aliphatic rings. The first-order valence-electron chi connectivity index (χ1n) is 9.45. The molecule has 3 rings (SSSR count). The second-order valence-corrected chi connectivity index (χ2v) is 7.18. The molecule has 6 N–H and O–H groups in total. The van der Waals surface area contributed by atoms with Gasteiger partial charge in [0.15, 0.2) is 11.5 Å². The van der Waals surface area contributed by atoms with Gasteiger partial charge in [-0.2, -0.15) is 0 Å². The number of nitrogens with zero attached hydrogens (tertiary/aromatic N) is 1. The highest BCUT2D eigenvalue weighted by atomic mass is 19.3. The van der Waals surface area contributed by atoms with Crippen LogP contribution in [0.3, 0.4) is 0 Å². The van der Waals surface area contributed by atoms with Gasteiger partial charge in [-0.25, -0.2) is 22.5 Å². The number of ether oxygens (including phenoxy) is 1. The number of amides is 2. The van der Waals surface area contributed by atoms with E-state index in [9.17, 15) is 27.2 Å². The largest absolute Gasteiger partial charge is 0.483 e. The molecule has 2 amide bonds. The van der Waals surface area contributed by atoms with Crippen LogP contribution in [0.2, 0.25) is 0 Å². The number of nitrogens with two attached hydrogens (primary N) is 2. The second-order valence-electron chi connectivity index (χ2n) is 7.18. The van der Waals surface area contributed by atoms with Crippen molar-refractivity contribution >= 4 is 24.0 Å². The minimum Gasteiger partial charge on any atom is -0.483 e. The molecule has 9 nitrogen and oxygen atoms in total. The number of carbonyl (C=O) groups excluding carboxylic acids is 2. The minimum atomic E-state index is -3.56. The average molecular weight is 484 g/mol. The van der Waals surface area contributed by atoms with Crippen LogP contribution >= 0.6 is 0 Å². The van der Waals surface area contributed by atoms with Gasteiger partial charge >= 0.3 is 0 Å². The molecule has 0 saturated heterocycles. The van der Waals surface area contributed by atoms with Gasteiger partial charge in [0.25, 0.3) is 18.3 Å². The minimum absolute atomic E-state index is 0.100. The summed E-state index contributed by atoms with van der Waals surface area (Å²) >= 11 is 0. The fraction of sp³-hybridized carbons (Fsp3) is 0.238. The SMILES string of the molecule is C[C@]1(c2cc(NC(=O)c3ncc(C(N)=O)cc3F)ccc2F)C(N)=CCOCC1(F)F.O=CO. The summed E-state index contributed by atoms with van der Waals surface area (Å²) < 4.78 is 63.3. The van der Waals surface area contributed by atoms with Gasteiger partial charge in [0.05, 0.1) is 12.2 Å². The Balaban J connectivity index is 0.00000129. The maximum absolute atomic E-state index is 14.8. The van der Waals surface area contributed by atoms with Crippen LogP contribution < -0.4 is 16.8 Å². The first kappa shape index (κ1) is 26.3. The van der Waals surface area contributed by atoms with Gasteiger partial charge in [-0.1, -0.05) is 0 Å². The van der Waals surface area contributed by atoms with E-state index in [0.29, 0.717) is 0 Å². The van der Waals surface area contributed by atoms with Crippen LogP contribution in [-0.4, -0.2) is 47.5 Å². The van der Waals surface area contributed by atoms with Gasteiger partial charge in [0.1, 0.15) is 17.8 Å². The van der Waals surface area contributed by atoms with Crippen molar-refractivity contribution < 1.29 is 41.8 Å². The van der Waals surface area contributed by atoms with Crippen LogP contribution in [0.15, 0.2) is 42.2 Å². The molecule has 1 aromatic heterocycles. The third-order valence-electron chi connectivity index (χ3n) is 5.12. The van der Waals surface area contributed by atoms with E-state index in [1.54, 1.807) is 0 Å². The van der Waals surface area contributed by atoms with E-state index in [0.717, 1.165) is 37.4 Å². The molecule has 0 spiro atoms. The first-order valence-corrected chi connectivity index (χ1v) is 9.45. The van der Waals surface area contributed by atoms with Crippen LogP contribution in [0.1, 0.15) is 33.3 Å². The Morgan fingerprint density at radius 2 is 1.88 bits per heavy atom. The summed E-state index contributed by atoms with van der Waals surface area (Å²) in [5, 5.41) is 9.16. The Bertz CT molecular complexity index is 1140. The normalized spacial score (nSPS) is 19.0. The summed E-state index contributed by atoms with van der Waals surface area (Å²) in [7, 11) is 0. The van der Waals surface area contributed by atoms with Crippen LogP contribution in [0.25, 0.3) is 0 Å². The van der Waals surface area contributed by atoms with Crippen molar-refractivity contribution in [2.45, 2.75) is 18.3 Å². The van der Waals surface area contributed by atoms with Crippen molar-refractivity contribution in [1.29, 1.82) is 0 Å². The van der Waals surface area contributed by atoms with Gasteiger partial charge < -0.3 is 26.6 Å². The Hall–Kier alpha value is -4.00. The highest BCUT2D eigenvalue weighted by Gasteiger charge is 2.55. The standard InChI is InChI=1S/C20H18F4N4O3.CH2O2/c1-19(15(25)4-5-31-9-20(19,23)24)12-7-11(2-3-13(12)21)28-18(30)16-14(22)6-10(8-27-16)17(26)29;2-1-3/h2-4,6-8H,5,9,25H2,1H3,(H2,26,29)(H,28,30);1H,(H,2,3)/t19-;/m0./s1. The highest BCUT2D eigenvalue weighted by Crippen LogP contribution is 2.46. The second kappa shape index (κ2) is 10.3. The van der Waals surface area contributed by atoms with Crippen molar-refractivity contribution in [3.63, 3.8) is 0 Å². The van der Waals surface area contributed by atoms with Crippen LogP contribution in [-0.2, 0) is 14.9 Å². The zero-order valence-electron chi connectivity index (χ0n) is 17.6. The van der Waals surface area contributed by atoms with E-state index in [4.69, 9.17) is 26.1 Å². The van der Waals surface area contributed by atoms with E-state index in [2.05, 4.69) is 10.3 Å². The van der Waals surface area contributed by atoms with Crippen molar-refractivity contribution in [2.24, 2.45) is 11.5 Å². The Kier molecular flexibility index (Phi) is 7.95. The molecule has 1 aliphatic heterocycles. The predicted octanol–water partition coefficient (Wildman–Crippen LogP) is 2.18. The molecule has 0 saturated carbocycles. The molecule has 0 fully saturated rings. The quantitative estimate of drug-likeness (QED) is 0.383. The lowest BCUT2D eigenvalue weighted by Gasteiger charge is -2.37. The maximum Gasteiger partial charge on any atom is 0.290 e. The van der Waals surface area contributed by atoms with Crippen LogP contribution in [0.4, 0.5) is 23.2 Å². The molecular formula is C21H20F4N4O5. The molecule has 2 aromatic rings. The Labute approximate surface area is 190 Å². The van der Waals surface area contributed by atoms with Crippen molar-refractivity contribution in [3.05, 3.63) is 70.7 Å². The van der Waals surface area contributed by atoms with E-state index in [-0.39, 0.29) is 30.0 Å². The van der Waals surface area contributed by atoms with Crippen molar-refractivity contribution in [2.75, 3.05) is 18.5 Å². The number of rotatable bonds is 4. The van der Waals surface area contributed by atoms with Gasteiger partial charge in [-0.05, 0) is 37.3 Å². The third-order valence-corrected chi connectivity index (χ3v) is 5.12. The number of alkyl halides is 2. The monoisotopic (exact) mass is 484 g/mol. The summed E-state index contributed by atoms with van der Waals surface area (Å²) in [5.41, 5.74) is 6.81. The lowest BCUT2D eigenvalue weighted by atomic mass is 9.73. The number of carboxylic acid groups (broad SMARTS) is 1. The van der Waals surface area contributed by atoms with Gasteiger partial charge in [-0.3, -0.25) is 14.4 Å². The zero-order valence-corrected chi connectivity index (χ0v) is 17.6. The number of hydrogen-bond acceptors (Lipinski definition) is 6. The number of nitrogens with one attached hydrogen (secondary N) is 1. The number of hydrogen-bond donors (Lipinski definition) is 4. The van der Waals surface area contributed by atoms with E-state index in [1.165, 1.54) is 6.08 Å². The molecule has 0 aliphatic carbocycles. The number of benzene rings is 1. The van der Waals surface area contributed by atoms with Gasteiger partial charge in [0.2, 0.25) is 5.91 Å². The topological polar surface area (TPSA) is 158 Å². The average Bonchev–Trinajstić information content (AvgIpc) is 2.86. The number of allylic oxidation sites excluding steroid dienone is 1. The first-order chi connectivity index (χ1) is 15.9. The zero-order chi connectivity index (χ0) is 25.7. The molecular weight excluding hydrogens is 464 g/mol. The summed E-state index contributed by atoms with van der Waals surface area (Å²) in [5.74, 6) is -7.65. The van der Waals surface area contributed by atoms with Crippen LogP contribution in [0, 0.1) is 11.6 Å². The summed E-state index contributed by atoms with van der Waals surface area (Å²) in [6.45, 7) is -0.333. The van der Waals surface area contributed by atoms with E-state index in [1.807, 2.05) is 0 Å². The van der Waals surface area contributed by atoms with E-state index >= 15 is 0 Å². The molecule has 0 radical (unpaired) electrons. The smallest absolute Gasteiger partial charge is 0.290 e. The molecule has 1 atom stereocenters. The lowest BCUT2D eigenvalue weighted by molar-refractivity contribution is -0.122. The number of pyridine rings is 1. The third kappa shape index (κ3) is 5.14. The Morgan fingerprint density at radius 1 is 1.24 bits per heavy atom. The maximum atomic E-state index is 14.8. The summed E-state index contributed by atoms with van der Waals surface area (Å²) in [6.07, 6.45) is 2.14. The molecule has 13 heteroatoms. The number of primary amides is 1. The fourth-order valence-corrected chi connectivity index (χ4v) is 3.16. The van der Waals surface area contributed by atoms with Gasteiger partial charge in [0, 0.05) is 23.1 Å². The summed E-state index contributed by atoms with van der Waals surface area (Å²) in [4.78, 5) is 35.4. The van der Waals surface area contributed by atoms with Crippen molar-refractivity contribution in [3.8, 4) is 0 Å². The number of anilines is 1. The molecule has 182 valence electrons. The predicted molar refractivity (Wildman–Crippen MR) is 111 cm³/mol. The summed E-state index contributed by atoms with van der Waals surface area (Å²) in [6, 6.07) is 3.72. The number of aromatic nitrogens is 1. The molecule has 34 heavy (non-hydrogen) atoms. The molecule has 1 aromatic carbocycles. The fourth-order valence-electron chi connectivity index (χ4n) is 3.16. The number of halogens is 4. The highest BCUT2D eigenvalue weighted by molar-refractivity contribution is 6.03. The van der Waals surface area contributed by atoms with Crippen LogP contribution in [0.5, 0.6) is 0 Å². The van der Waals surface area contributed by atoms with Gasteiger partial charge in [-0.15, -0.1) is 0 Å².